The minimum atomic E-state index is 0.213. The molecule has 0 rings (SSSR count). The number of hydrogen-bond acceptors (Lipinski definition) is 2. The van der Waals surface area contributed by atoms with Gasteiger partial charge >= 0.3 is 0 Å². The molecular formula is C9H18O2. The fourth-order valence-corrected chi connectivity index (χ4v) is 0. The molecule has 0 bridgehead atoms. The van der Waals surface area contributed by atoms with E-state index in [0.717, 1.165) is 0 Å². The Labute approximate surface area is 69.0 Å². The van der Waals surface area contributed by atoms with E-state index in [2.05, 4.69) is 0 Å². The minimum absolute atomic E-state index is 0.213. The number of rotatable bonds is 2. The Kier molecular flexibility index (Phi) is 8.78. The van der Waals surface area contributed by atoms with Gasteiger partial charge in [-0.05, 0) is 13.8 Å². The SMILES string of the molecule is CC(=O)C(C)C.CCC(C)=O. The van der Waals surface area contributed by atoms with Gasteiger partial charge in [0.2, 0.25) is 0 Å². The van der Waals surface area contributed by atoms with Crippen LogP contribution in [0.25, 0.3) is 0 Å². The van der Waals surface area contributed by atoms with Crippen LogP contribution in [0.1, 0.15) is 41.0 Å². The highest BCUT2D eigenvalue weighted by molar-refractivity contribution is 5.77. The second-order valence-corrected chi connectivity index (χ2v) is 2.82. The van der Waals surface area contributed by atoms with Gasteiger partial charge in [0.05, 0.1) is 0 Å². The van der Waals surface area contributed by atoms with Crippen LogP contribution >= 0.6 is 0 Å². The Morgan fingerprint density at radius 1 is 1.18 bits per heavy atom. The third-order valence-electron chi connectivity index (χ3n) is 1.31. The Bertz CT molecular complexity index is 126. The van der Waals surface area contributed by atoms with E-state index in [1.54, 1.807) is 13.8 Å². The molecule has 0 aliphatic carbocycles. The van der Waals surface area contributed by atoms with Crippen molar-refractivity contribution in [1.29, 1.82) is 0 Å². The van der Waals surface area contributed by atoms with E-state index in [0.29, 0.717) is 6.42 Å². The molecule has 0 unspecified atom stereocenters. The Hall–Kier alpha value is -0.660. The fraction of sp³-hybridized carbons (Fsp3) is 0.778. The van der Waals surface area contributed by atoms with E-state index in [-0.39, 0.29) is 17.5 Å². The first-order valence-corrected chi connectivity index (χ1v) is 3.91. The van der Waals surface area contributed by atoms with Gasteiger partial charge in [-0.3, -0.25) is 4.79 Å². The van der Waals surface area contributed by atoms with Crippen LogP contribution in [0.3, 0.4) is 0 Å². The minimum Gasteiger partial charge on any atom is -0.300 e. The Balaban J connectivity index is 0. The number of carbonyl (C=O) groups is 2. The van der Waals surface area contributed by atoms with Crippen molar-refractivity contribution in [3.63, 3.8) is 0 Å². The van der Waals surface area contributed by atoms with Crippen molar-refractivity contribution in [1.82, 2.24) is 0 Å². The normalized spacial score (nSPS) is 8.55. The average molecular weight is 158 g/mol. The van der Waals surface area contributed by atoms with Crippen LogP contribution in [0.5, 0.6) is 0 Å². The summed E-state index contributed by atoms with van der Waals surface area (Å²) in [5.41, 5.74) is 0. The third kappa shape index (κ3) is 17.6. The highest BCUT2D eigenvalue weighted by Crippen LogP contribution is 1.89. The lowest BCUT2D eigenvalue weighted by atomic mass is 10.1. The van der Waals surface area contributed by atoms with E-state index in [1.165, 1.54) is 0 Å². The Morgan fingerprint density at radius 2 is 1.36 bits per heavy atom. The van der Waals surface area contributed by atoms with E-state index in [1.807, 2.05) is 20.8 Å². The lowest BCUT2D eigenvalue weighted by Gasteiger charge is -1.90. The highest BCUT2D eigenvalue weighted by Gasteiger charge is 1.95. The van der Waals surface area contributed by atoms with Crippen molar-refractivity contribution in [2.45, 2.75) is 41.0 Å². The molecule has 0 aliphatic rings. The summed E-state index contributed by atoms with van der Waals surface area (Å²) in [4.78, 5) is 20.0. The predicted molar refractivity (Wildman–Crippen MR) is 46.5 cm³/mol. The van der Waals surface area contributed by atoms with Gasteiger partial charge in [-0.2, -0.15) is 0 Å². The predicted octanol–water partition coefficient (Wildman–Crippen LogP) is 2.22. The zero-order valence-electron chi connectivity index (χ0n) is 8.10. The van der Waals surface area contributed by atoms with Crippen molar-refractivity contribution in [3.05, 3.63) is 0 Å². The quantitative estimate of drug-likeness (QED) is 0.617. The van der Waals surface area contributed by atoms with Gasteiger partial charge in [-0.25, -0.2) is 0 Å². The van der Waals surface area contributed by atoms with Crippen LogP contribution in [0, 0.1) is 5.92 Å². The van der Waals surface area contributed by atoms with E-state index >= 15 is 0 Å². The molecule has 0 aromatic carbocycles. The van der Waals surface area contributed by atoms with Gasteiger partial charge in [0, 0.05) is 12.3 Å². The van der Waals surface area contributed by atoms with Crippen molar-refractivity contribution < 1.29 is 9.59 Å². The number of ketones is 2. The molecule has 0 aromatic rings. The summed E-state index contributed by atoms with van der Waals surface area (Å²) in [6.07, 6.45) is 0.667. The molecule has 0 atom stereocenters. The molecule has 11 heavy (non-hydrogen) atoms. The third-order valence-corrected chi connectivity index (χ3v) is 1.31. The zero-order valence-corrected chi connectivity index (χ0v) is 8.10. The van der Waals surface area contributed by atoms with Crippen molar-refractivity contribution in [3.8, 4) is 0 Å². The number of Topliss-reactive ketones (excluding diaryl/α,β-unsaturated/α-hetero) is 2. The summed E-state index contributed by atoms with van der Waals surface area (Å²) >= 11 is 0. The van der Waals surface area contributed by atoms with E-state index in [9.17, 15) is 9.59 Å². The number of carbonyl (C=O) groups excluding carboxylic acids is 2. The zero-order chi connectivity index (χ0) is 9.44. The van der Waals surface area contributed by atoms with Gasteiger partial charge in [0.15, 0.2) is 0 Å². The molecule has 0 fully saturated rings. The van der Waals surface area contributed by atoms with Crippen LogP contribution < -0.4 is 0 Å². The van der Waals surface area contributed by atoms with Gasteiger partial charge in [-0.15, -0.1) is 0 Å². The molecule has 0 N–H and O–H groups in total. The fourth-order valence-electron chi connectivity index (χ4n) is 0. The summed E-state index contributed by atoms with van der Waals surface area (Å²) < 4.78 is 0. The molecule has 66 valence electrons. The van der Waals surface area contributed by atoms with Gasteiger partial charge < -0.3 is 4.79 Å². The second-order valence-electron chi connectivity index (χ2n) is 2.82. The van der Waals surface area contributed by atoms with E-state index in [4.69, 9.17) is 0 Å². The maximum absolute atomic E-state index is 10.1. The second kappa shape index (κ2) is 7.45. The van der Waals surface area contributed by atoms with Gasteiger partial charge in [-0.1, -0.05) is 20.8 Å². The van der Waals surface area contributed by atoms with Gasteiger partial charge in [0.25, 0.3) is 0 Å². The van der Waals surface area contributed by atoms with Crippen molar-refractivity contribution in [2.75, 3.05) is 0 Å². The molecule has 0 aromatic heterocycles. The number of hydrogen-bond donors (Lipinski definition) is 0. The van der Waals surface area contributed by atoms with Crippen molar-refractivity contribution in [2.24, 2.45) is 5.92 Å². The summed E-state index contributed by atoms with van der Waals surface area (Å²) in [5, 5.41) is 0. The van der Waals surface area contributed by atoms with Crippen LogP contribution in [-0.2, 0) is 9.59 Å². The molecule has 2 nitrogen and oxygen atoms in total. The first-order chi connectivity index (χ1) is 4.91. The lowest BCUT2D eigenvalue weighted by molar-refractivity contribution is -0.119. The largest absolute Gasteiger partial charge is 0.300 e. The molecule has 0 saturated heterocycles. The molecule has 2 heteroatoms. The molecule has 0 radical (unpaired) electrons. The molecule has 0 spiro atoms. The molecule has 0 amide bonds. The monoisotopic (exact) mass is 158 g/mol. The van der Waals surface area contributed by atoms with Crippen molar-refractivity contribution >= 4 is 11.6 Å². The summed E-state index contributed by atoms with van der Waals surface area (Å²) in [5.74, 6) is 0.727. The van der Waals surface area contributed by atoms with Crippen LogP contribution in [0.15, 0.2) is 0 Å². The molecule has 0 heterocycles. The topological polar surface area (TPSA) is 34.1 Å². The Morgan fingerprint density at radius 3 is 1.36 bits per heavy atom. The molecular weight excluding hydrogens is 140 g/mol. The first kappa shape index (κ1) is 13.0. The smallest absolute Gasteiger partial charge is 0.132 e. The summed E-state index contributed by atoms with van der Waals surface area (Å²) in [7, 11) is 0. The first-order valence-electron chi connectivity index (χ1n) is 3.91. The lowest BCUT2D eigenvalue weighted by Crippen LogP contribution is -1.98. The molecule has 0 saturated carbocycles. The summed E-state index contributed by atoms with van der Waals surface area (Å²) in [6.45, 7) is 8.82. The summed E-state index contributed by atoms with van der Waals surface area (Å²) in [6, 6.07) is 0. The van der Waals surface area contributed by atoms with E-state index < -0.39 is 0 Å². The van der Waals surface area contributed by atoms with Crippen LogP contribution in [0.2, 0.25) is 0 Å². The van der Waals surface area contributed by atoms with Crippen LogP contribution in [0.4, 0.5) is 0 Å². The van der Waals surface area contributed by atoms with Crippen LogP contribution in [-0.4, -0.2) is 11.6 Å². The average Bonchev–Trinajstić information content (AvgIpc) is 1.89. The molecule has 0 aliphatic heterocycles. The maximum atomic E-state index is 10.1. The van der Waals surface area contributed by atoms with Gasteiger partial charge in [0.1, 0.15) is 11.6 Å². The highest BCUT2D eigenvalue weighted by atomic mass is 16.1. The maximum Gasteiger partial charge on any atom is 0.132 e. The standard InChI is InChI=1S/C5H10O.C4H8O/c1-4(2)5(3)6;1-3-4(2)5/h4H,1-3H3;3H2,1-2H3.